The predicted molar refractivity (Wildman–Crippen MR) is 90.5 cm³/mol. The largest absolute Gasteiger partial charge is 0.491 e. The van der Waals surface area contributed by atoms with Crippen LogP contribution in [0, 0.1) is 0 Å². The topological polar surface area (TPSA) is 64.7 Å². The van der Waals surface area contributed by atoms with Gasteiger partial charge in [0.25, 0.3) is 0 Å². The van der Waals surface area contributed by atoms with Crippen LogP contribution in [0.2, 0.25) is 5.02 Å². The highest BCUT2D eigenvalue weighted by atomic mass is 35.5. The zero-order valence-electron chi connectivity index (χ0n) is 13.5. The lowest BCUT2D eigenvalue weighted by Crippen LogP contribution is -2.41. The van der Waals surface area contributed by atoms with Crippen LogP contribution in [0.5, 0.6) is 0 Å². The second-order valence-electron chi connectivity index (χ2n) is 6.52. The molecule has 0 amide bonds. The first-order valence-corrected chi connectivity index (χ1v) is 7.73. The Hall–Kier alpha value is -0.845. The molecule has 0 aliphatic carbocycles. The maximum Gasteiger partial charge on any atom is 0.491 e. The van der Waals surface area contributed by atoms with Crippen molar-refractivity contribution in [1.82, 2.24) is 0 Å². The van der Waals surface area contributed by atoms with Crippen LogP contribution >= 0.6 is 11.6 Å². The fourth-order valence-electron chi connectivity index (χ4n) is 2.24. The molecule has 0 spiro atoms. The van der Waals surface area contributed by atoms with E-state index in [1.165, 1.54) is 0 Å². The molecule has 1 heterocycles. The van der Waals surface area contributed by atoms with Crippen LogP contribution in [0.1, 0.15) is 38.8 Å². The van der Waals surface area contributed by atoms with Crippen molar-refractivity contribution in [1.29, 1.82) is 0 Å². The van der Waals surface area contributed by atoms with Crippen molar-refractivity contribution in [2.75, 3.05) is 6.54 Å². The lowest BCUT2D eigenvalue weighted by Gasteiger charge is -2.32. The highest BCUT2D eigenvalue weighted by Crippen LogP contribution is 2.38. The highest BCUT2D eigenvalue weighted by Gasteiger charge is 2.52. The van der Waals surface area contributed by atoms with Gasteiger partial charge < -0.3 is 20.1 Å². The van der Waals surface area contributed by atoms with E-state index >= 15 is 0 Å². The molecule has 0 aromatic heterocycles. The molecule has 6 heteroatoms. The maximum atomic E-state index is 9.30. The van der Waals surface area contributed by atoms with E-state index in [1.807, 2.05) is 45.9 Å². The van der Waals surface area contributed by atoms with Crippen LogP contribution in [0.3, 0.4) is 0 Å². The van der Waals surface area contributed by atoms with Gasteiger partial charge in [-0.05, 0) is 56.4 Å². The van der Waals surface area contributed by atoms with Crippen LogP contribution in [0.15, 0.2) is 23.7 Å². The van der Waals surface area contributed by atoms with Crippen molar-refractivity contribution in [3.05, 3.63) is 39.8 Å². The number of rotatable bonds is 4. The van der Waals surface area contributed by atoms with Crippen molar-refractivity contribution in [3.8, 4) is 0 Å². The van der Waals surface area contributed by atoms with Gasteiger partial charge in [0.15, 0.2) is 0 Å². The average molecular weight is 324 g/mol. The molecule has 3 N–H and O–H groups in total. The second-order valence-corrected chi connectivity index (χ2v) is 6.93. The van der Waals surface area contributed by atoms with Crippen LogP contribution in [-0.4, -0.2) is 30.0 Å². The summed E-state index contributed by atoms with van der Waals surface area (Å²) in [6, 6.07) is 5.48. The van der Waals surface area contributed by atoms with E-state index in [0.717, 1.165) is 11.0 Å². The third-order valence-electron chi connectivity index (χ3n) is 4.38. The summed E-state index contributed by atoms with van der Waals surface area (Å²) in [5, 5.41) is 9.85. The monoisotopic (exact) mass is 323 g/mol. The van der Waals surface area contributed by atoms with Gasteiger partial charge in [-0.3, -0.25) is 0 Å². The Labute approximate surface area is 137 Å². The molecule has 120 valence electrons. The van der Waals surface area contributed by atoms with Gasteiger partial charge in [-0.15, -0.1) is 0 Å². The Morgan fingerprint density at radius 1 is 1.27 bits per heavy atom. The van der Waals surface area contributed by atoms with Crippen LogP contribution in [-0.2, 0) is 15.9 Å². The number of hydrogen-bond donors (Lipinski definition) is 2. The SMILES string of the molecule is CC1(C)OB(C(=Cc2ccc(Cl)c(CO)c2)CN)OC1(C)C. The molecular weight excluding hydrogens is 300 g/mol. The van der Waals surface area contributed by atoms with Crippen molar-refractivity contribution in [3.63, 3.8) is 0 Å². The van der Waals surface area contributed by atoms with E-state index in [-0.39, 0.29) is 6.61 Å². The van der Waals surface area contributed by atoms with Gasteiger partial charge in [-0.1, -0.05) is 23.7 Å². The Morgan fingerprint density at radius 2 is 1.86 bits per heavy atom. The van der Waals surface area contributed by atoms with Gasteiger partial charge in [-0.25, -0.2) is 0 Å². The molecule has 0 unspecified atom stereocenters. The zero-order chi connectivity index (χ0) is 16.5. The molecular formula is C16H23BClNO3. The van der Waals surface area contributed by atoms with E-state index in [4.69, 9.17) is 26.6 Å². The molecule has 1 fully saturated rings. The van der Waals surface area contributed by atoms with Gasteiger partial charge in [-0.2, -0.15) is 0 Å². The summed E-state index contributed by atoms with van der Waals surface area (Å²) in [6.45, 7) is 8.25. The first kappa shape index (κ1) is 17.5. The minimum atomic E-state index is -0.469. The van der Waals surface area contributed by atoms with Crippen molar-refractivity contribution in [2.24, 2.45) is 5.73 Å². The Balaban J connectivity index is 2.29. The smallest absolute Gasteiger partial charge is 0.400 e. The summed E-state index contributed by atoms with van der Waals surface area (Å²) in [5.74, 6) is 0. The van der Waals surface area contributed by atoms with Crippen molar-refractivity contribution < 1.29 is 14.4 Å². The summed E-state index contributed by atoms with van der Waals surface area (Å²) in [4.78, 5) is 0. The normalized spacial score (nSPS) is 20.5. The zero-order valence-corrected chi connectivity index (χ0v) is 14.3. The van der Waals surface area contributed by atoms with E-state index in [1.54, 1.807) is 6.07 Å². The molecule has 1 aliphatic heterocycles. The number of nitrogens with two attached hydrogens (primary N) is 1. The Bertz CT molecular complexity index is 571. The average Bonchev–Trinajstić information content (AvgIpc) is 2.66. The van der Waals surface area contributed by atoms with Crippen LogP contribution in [0.4, 0.5) is 0 Å². The maximum absolute atomic E-state index is 9.30. The molecule has 0 saturated carbocycles. The molecule has 0 bridgehead atoms. The van der Waals surface area contributed by atoms with Crippen molar-refractivity contribution >= 4 is 24.8 Å². The molecule has 4 nitrogen and oxygen atoms in total. The summed E-state index contributed by atoms with van der Waals surface area (Å²) in [6.07, 6.45) is 1.93. The van der Waals surface area contributed by atoms with E-state index in [9.17, 15) is 5.11 Å². The molecule has 0 atom stereocenters. The number of halogens is 1. The standard InChI is InChI=1S/C16H23BClNO3/c1-15(2)16(3,4)22-17(21-15)13(9-19)8-11-5-6-14(18)12(7-11)10-20/h5-8,20H,9-10,19H2,1-4H3. The quantitative estimate of drug-likeness (QED) is 0.836. The summed E-state index contributed by atoms with van der Waals surface area (Å²) < 4.78 is 12.0. The Morgan fingerprint density at radius 3 is 2.36 bits per heavy atom. The van der Waals surface area contributed by atoms with Crippen molar-refractivity contribution in [2.45, 2.75) is 45.5 Å². The fourth-order valence-corrected chi connectivity index (χ4v) is 2.41. The van der Waals surface area contributed by atoms with E-state index < -0.39 is 18.3 Å². The molecule has 22 heavy (non-hydrogen) atoms. The lowest BCUT2D eigenvalue weighted by atomic mass is 9.77. The van der Waals surface area contributed by atoms with Gasteiger partial charge >= 0.3 is 7.12 Å². The van der Waals surface area contributed by atoms with Crippen LogP contribution < -0.4 is 5.73 Å². The van der Waals surface area contributed by atoms with E-state index in [2.05, 4.69) is 0 Å². The number of aliphatic hydroxyl groups excluding tert-OH is 1. The summed E-state index contributed by atoms with van der Waals surface area (Å²) in [7, 11) is -0.469. The lowest BCUT2D eigenvalue weighted by molar-refractivity contribution is 0.00578. The first-order valence-electron chi connectivity index (χ1n) is 7.35. The number of hydrogen-bond acceptors (Lipinski definition) is 4. The Kier molecular flexibility index (Phi) is 5.04. The predicted octanol–water partition coefficient (Wildman–Crippen LogP) is 2.81. The third kappa shape index (κ3) is 3.39. The highest BCUT2D eigenvalue weighted by molar-refractivity contribution is 6.55. The minimum Gasteiger partial charge on any atom is -0.400 e. The molecule has 1 aliphatic rings. The first-order chi connectivity index (χ1) is 10.2. The molecule has 2 rings (SSSR count). The van der Waals surface area contributed by atoms with Gasteiger partial charge in [0.05, 0.1) is 17.8 Å². The molecule has 1 saturated heterocycles. The number of aliphatic hydroxyl groups is 1. The minimum absolute atomic E-state index is 0.102. The summed E-state index contributed by atoms with van der Waals surface area (Å²) >= 11 is 6.01. The number of benzene rings is 1. The fraction of sp³-hybridized carbons (Fsp3) is 0.500. The van der Waals surface area contributed by atoms with Gasteiger partial charge in [0, 0.05) is 11.6 Å². The van der Waals surface area contributed by atoms with Gasteiger partial charge in [0.1, 0.15) is 0 Å². The second kappa shape index (κ2) is 6.34. The molecule has 0 radical (unpaired) electrons. The van der Waals surface area contributed by atoms with E-state index in [0.29, 0.717) is 17.1 Å². The van der Waals surface area contributed by atoms with Crippen LogP contribution in [0.25, 0.3) is 6.08 Å². The molecule has 1 aromatic carbocycles. The third-order valence-corrected chi connectivity index (χ3v) is 4.75. The molecule has 1 aromatic rings. The van der Waals surface area contributed by atoms with Gasteiger partial charge in [0.2, 0.25) is 0 Å². The summed E-state index contributed by atoms with van der Waals surface area (Å²) in [5.41, 5.74) is 7.51.